The van der Waals surface area contributed by atoms with Crippen molar-refractivity contribution in [3.05, 3.63) is 40.4 Å². The van der Waals surface area contributed by atoms with Crippen molar-refractivity contribution >= 4 is 15.9 Å². The number of hydrogen-bond donors (Lipinski definition) is 1. The predicted octanol–water partition coefficient (Wildman–Crippen LogP) is 2.67. The average Bonchev–Trinajstić information content (AvgIpc) is 3.07. The second-order valence-electron chi connectivity index (χ2n) is 4.82. The van der Waals surface area contributed by atoms with Gasteiger partial charge in [0.1, 0.15) is 5.82 Å². The van der Waals surface area contributed by atoms with Crippen LogP contribution in [0.25, 0.3) is 5.69 Å². The fourth-order valence-corrected chi connectivity index (χ4v) is 2.42. The maximum Gasteiger partial charge on any atom is 0.124 e. The Balaban J connectivity index is 1.68. The third-order valence-corrected chi connectivity index (χ3v) is 3.77. The molecule has 1 aliphatic rings. The quantitative estimate of drug-likeness (QED) is 0.919. The first-order valence-corrected chi connectivity index (χ1v) is 7.09. The summed E-state index contributed by atoms with van der Waals surface area (Å²) < 4.78 is 15.3. The molecule has 0 radical (unpaired) electrons. The van der Waals surface area contributed by atoms with Gasteiger partial charge in [-0.05, 0) is 59.4 Å². The van der Waals surface area contributed by atoms with Gasteiger partial charge in [0.15, 0.2) is 0 Å². The van der Waals surface area contributed by atoms with Crippen LogP contribution >= 0.6 is 15.9 Å². The van der Waals surface area contributed by atoms with E-state index >= 15 is 0 Å². The lowest BCUT2D eigenvalue weighted by Crippen LogP contribution is -2.16. The van der Waals surface area contributed by atoms with Gasteiger partial charge in [-0.1, -0.05) is 5.21 Å². The summed E-state index contributed by atoms with van der Waals surface area (Å²) in [6, 6.07) is 4.50. The molecular weight excluding hydrogens is 311 g/mol. The van der Waals surface area contributed by atoms with Crippen LogP contribution in [0, 0.1) is 11.7 Å². The molecule has 1 fully saturated rings. The van der Waals surface area contributed by atoms with Crippen LogP contribution in [0.4, 0.5) is 4.39 Å². The summed E-state index contributed by atoms with van der Waals surface area (Å²) in [5.74, 6) is 0.573. The van der Waals surface area contributed by atoms with Gasteiger partial charge < -0.3 is 5.32 Å². The Kier molecular flexibility index (Phi) is 3.61. The van der Waals surface area contributed by atoms with Crippen molar-refractivity contribution < 1.29 is 4.39 Å². The molecule has 3 rings (SSSR count). The van der Waals surface area contributed by atoms with Crippen molar-refractivity contribution in [3.8, 4) is 5.69 Å². The van der Waals surface area contributed by atoms with Crippen molar-refractivity contribution in [2.45, 2.75) is 19.4 Å². The highest BCUT2D eigenvalue weighted by atomic mass is 79.9. The SMILES string of the molecule is Fc1ccc(-n2cc(CNCC3CC3)nn2)c(Br)c1. The van der Waals surface area contributed by atoms with E-state index in [4.69, 9.17) is 0 Å². The van der Waals surface area contributed by atoms with Crippen molar-refractivity contribution in [1.29, 1.82) is 0 Å². The first-order chi connectivity index (χ1) is 9.22. The van der Waals surface area contributed by atoms with Gasteiger partial charge in [-0.15, -0.1) is 5.10 Å². The molecule has 0 saturated heterocycles. The van der Waals surface area contributed by atoms with Crippen LogP contribution in [0.5, 0.6) is 0 Å². The van der Waals surface area contributed by atoms with Crippen LogP contribution < -0.4 is 5.32 Å². The van der Waals surface area contributed by atoms with Gasteiger partial charge in [0.05, 0.1) is 17.6 Å². The first kappa shape index (κ1) is 12.7. The molecule has 1 aliphatic carbocycles. The number of halogens is 2. The van der Waals surface area contributed by atoms with E-state index in [-0.39, 0.29) is 5.82 Å². The van der Waals surface area contributed by atoms with Crippen LogP contribution in [-0.4, -0.2) is 21.5 Å². The Morgan fingerprint density at radius 3 is 3.00 bits per heavy atom. The van der Waals surface area contributed by atoms with Crippen LogP contribution in [0.3, 0.4) is 0 Å². The molecule has 0 amide bonds. The van der Waals surface area contributed by atoms with Gasteiger partial charge in [0.25, 0.3) is 0 Å². The summed E-state index contributed by atoms with van der Waals surface area (Å²) in [5, 5.41) is 11.5. The molecule has 1 aromatic carbocycles. The monoisotopic (exact) mass is 324 g/mol. The Bertz CT molecular complexity index is 580. The number of aromatic nitrogens is 3. The Labute approximate surface area is 119 Å². The van der Waals surface area contributed by atoms with Crippen LogP contribution in [0.2, 0.25) is 0 Å². The van der Waals surface area contributed by atoms with Gasteiger partial charge in [-0.25, -0.2) is 9.07 Å². The van der Waals surface area contributed by atoms with E-state index in [0.29, 0.717) is 4.47 Å². The van der Waals surface area contributed by atoms with Crippen LogP contribution in [-0.2, 0) is 6.54 Å². The standard InChI is InChI=1S/C13H14BrFN4/c14-12-5-10(15)3-4-13(12)19-8-11(17-18-19)7-16-6-9-1-2-9/h3-5,8-9,16H,1-2,6-7H2. The van der Waals surface area contributed by atoms with Crippen LogP contribution in [0.1, 0.15) is 18.5 Å². The number of hydrogen-bond acceptors (Lipinski definition) is 3. The van der Waals surface area contributed by atoms with E-state index in [0.717, 1.165) is 30.4 Å². The van der Waals surface area contributed by atoms with Gasteiger partial charge in [-0.3, -0.25) is 0 Å². The van der Waals surface area contributed by atoms with Crippen molar-refractivity contribution in [3.63, 3.8) is 0 Å². The van der Waals surface area contributed by atoms with E-state index in [1.807, 2.05) is 6.20 Å². The highest BCUT2D eigenvalue weighted by Gasteiger charge is 2.20. The minimum Gasteiger partial charge on any atom is -0.311 e. The Morgan fingerprint density at radius 2 is 2.26 bits per heavy atom. The summed E-state index contributed by atoms with van der Waals surface area (Å²) >= 11 is 3.33. The maximum atomic E-state index is 13.0. The van der Waals surface area contributed by atoms with Crippen LogP contribution in [0.15, 0.2) is 28.9 Å². The summed E-state index contributed by atoms with van der Waals surface area (Å²) in [6.07, 6.45) is 4.53. The molecule has 4 nitrogen and oxygen atoms in total. The highest BCUT2D eigenvalue weighted by Crippen LogP contribution is 2.27. The zero-order valence-electron chi connectivity index (χ0n) is 10.3. The van der Waals surface area contributed by atoms with E-state index in [1.54, 1.807) is 10.7 Å². The largest absolute Gasteiger partial charge is 0.311 e. The molecular formula is C13H14BrFN4. The summed E-state index contributed by atoms with van der Waals surface area (Å²) in [7, 11) is 0. The number of nitrogens with one attached hydrogen (secondary N) is 1. The topological polar surface area (TPSA) is 42.7 Å². The van der Waals surface area contributed by atoms with E-state index in [9.17, 15) is 4.39 Å². The Morgan fingerprint density at radius 1 is 1.42 bits per heavy atom. The molecule has 2 aromatic rings. The lowest BCUT2D eigenvalue weighted by atomic mass is 10.3. The second-order valence-corrected chi connectivity index (χ2v) is 5.68. The van der Waals surface area contributed by atoms with Crippen molar-refractivity contribution in [2.75, 3.05) is 6.54 Å². The molecule has 0 unspecified atom stereocenters. The van der Waals surface area contributed by atoms with Crippen molar-refractivity contribution in [1.82, 2.24) is 20.3 Å². The maximum absolute atomic E-state index is 13.0. The minimum absolute atomic E-state index is 0.276. The normalized spacial score (nSPS) is 14.8. The molecule has 1 saturated carbocycles. The molecule has 0 atom stereocenters. The molecule has 0 aliphatic heterocycles. The molecule has 19 heavy (non-hydrogen) atoms. The number of benzene rings is 1. The summed E-state index contributed by atoms with van der Waals surface area (Å²) in [6.45, 7) is 1.77. The fourth-order valence-electron chi connectivity index (χ4n) is 1.89. The molecule has 6 heteroatoms. The zero-order valence-corrected chi connectivity index (χ0v) is 11.9. The van der Waals surface area contributed by atoms with Gasteiger partial charge in [0, 0.05) is 11.0 Å². The van der Waals surface area contributed by atoms with Crippen molar-refractivity contribution in [2.24, 2.45) is 5.92 Å². The molecule has 0 bridgehead atoms. The average molecular weight is 325 g/mol. The Hall–Kier alpha value is -1.27. The highest BCUT2D eigenvalue weighted by molar-refractivity contribution is 9.10. The van der Waals surface area contributed by atoms with E-state index < -0.39 is 0 Å². The van der Waals surface area contributed by atoms with E-state index in [2.05, 4.69) is 31.6 Å². The molecule has 0 spiro atoms. The fraction of sp³-hybridized carbons (Fsp3) is 0.385. The van der Waals surface area contributed by atoms with Gasteiger partial charge in [0.2, 0.25) is 0 Å². The lowest BCUT2D eigenvalue weighted by Gasteiger charge is -2.03. The van der Waals surface area contributed by atoms with E-state index in [1.165, 1.54) is 25.0 Å². The number of rotatable bonds is 5. The minimum atomic E-state index is -0.276. The molecule has 1 heterocycles. The smallest absolute Gasteiger partial charge is 0.124 e. The number of nitrogens with zero attached hydrogens (tertiary/aromatic N) is 3. The second kappa shape index (κ2) is 5.38. The predicted molar refractivity (Wildman–Crippen MR) is 73.4 cm³/mol. The summed E-state index contributed by atoms with van der Waals surface area (Å²) in [4.78, 5) is 0. The lowest BCUT2D eigenvalue weighted by molar-refractivity contribution is 0.625. The van der Waals surface area contributed by atoms with Gasteiger partial charge >= 0.3 is 0 Å². The third kappa shape index (κ3) is 3.19. The molecule has 100 valence electrons. The first-order valence-electron chi connectivity index (χ1n) is 6.30. The molecule has 1 aromatic heterocycles. The molecule has 1 N–H and O–H groups in total. The summed E-state index contributed by atoms with van der Waals surface area (Å²) in [5.41, 5.74) is 1.67. The van der Waals surface area contributed by atoms with Gasteiger partial charge in [-0.2, -0.15) is 0 Å². The third-order valence-electron chi connectivity index (χ3n) is 3.13. The zero-order chi connectivity index (χ0) is 13.2.